The fourth-order valence-corrected chi connectivity index (χ4v) is 3.11. The zero-order chi connectivity index (χ0) is 14.5. The van der Waals surface area contributed by atoms with Gasteiger partial charge in [-0.2, -0.15) is 0 Å². The van der Waals surface area contributed by atoms with Gasteiger partial charge in [-0.3, -0.25) is 14.9 Å². The Morgan fingerprint density at radius 3 is 2.52 bits per heavy atom. The van der Waals surface area contributed by atoms with Crippen molar-refractivity contribution in [1.82, 2.24) is 20.2 Å². The van der Waals surface area contributed by atoms with Crippen LogP contribution in [0.5, 0.6) is 0 Å². The first-order valence-electron chi connectivity index (χ1n) is 7.54. The second kappa shape index (κ2) is 6.33. The summed E-state index contributed by atoms with van der Waals surface area (Å²) < 4.78 is 0. The van der Waals surface area contributed by atoms with Crippen LogP contribution in [0, 0.1) is 0 Å². The van der Waals surface area contributed by atoms with Gasteiger partial charge in [0.1, 0.15) is 0 Å². The fourth-order valence-electron chi connectivity index (χ4n) is 3.11. The fraction of sp³-hybridized carbons (Fsp3) is 0.412. The molecule has 4 nitrogen and oxygen atoms in total. The first-order chi connectivity index (χ1) is 10.3. The van der Waals surface area contributed by atoms with E-state index in [-0.39, 0.29) is 5.54 Å². The number of hydrogen-bond donors (Lipinski definition) is 1. The molecular formula is C17H22N4. The van der Waals surface area contributed by atoms with Crippen molar-refractivity contribution < 1.29 is 0 Å². The zero-order valence-corrected chi connectivity index (χ0v) is 12.5. The minimum atomic E-state index is -0.0263. The highest BCUT2D eigenvalue weighted by Gasteiger charge is 2.36. The van der Waals surface area contributed by atoms with Crippen LogP contribution in [0.2, 0.25) is 0 Å². The molecule has 110 valence electrons. The van der Waals surface area contributed by atoms with E-state index in [0.29, 0.717) is 0 Å². The monoisotopic (exact) mass is 282 g/mol. The van der Waals surface area contributed by atoms with E-state index in [0.717, 1.165) is 38.2 Å². The summed E-state index contributed by atoms with van der Waals surface area (Å²) in [7, 11) is 2.03. The summed E-state index contributed by atoms with van der Waals surface area (Å²) in [5.74, 6) is 0. The lowest BCUT2D eigenvalue weighted by molar-refractivity contribution is 0.131. The van der Waals surface area contributed by atoms with Gasteiger partial charge in [0.05, 0.1) is 17.4 Å². The van der Waals surface area contributed by atoms with Gasteiger partial charge in [0.15, 0.2) is 0 Å². The van der Waals surface area contributed by atoms with Gasteiger partial charge in [0.2, 0.25) is 0 Å². The van der Waals surface area contributed by atoms with Gasteiger partial charge < -0.3 is 5.32 Å². The Morgan fingerprint density at radius 2 is 1.90 bits per heavy atom. The number of hydrogen-bond acceptors (Lipinski definition) is 4. The van der Waals surface area contributed by atoms with Crippen LogP contribution < -0.4 is 5.32 Å². The number of nitrogens with zero attached hydrogens (tertiary/aromatic N) is 3. The van der Waals surface area contributed by atoms with Crippen molar-refractivity contribution >= 4 is 0 Å². The first-order valence-corrected chi connectivity index (χ1v) is 7.54. The highest BCUT2D eigenvalue weighted by atomic mass is 15.2. The standard InChI is InChI=1S/C17H22N4/c1-18-17(16-13-19-9-10-20-16)7-11-21(12-8-17)14-15-5-3-2-4-6-15/h2-6,9-10,13,18H,7-8,11-12,14H2,1H3. The molecule has 0 aliphatic carbocycles. The van der Waals surface area contributed by atoms with Gasteiger partial charge in [-0.1, -0.05) is 30.3 Å². The molecule has 1 aromatic carbocycles. The molecule has 0 saturated carbocycles. The molecule has 3 rings (SSSR count). The smallest absolute Gasteiger partial charge is 0.0788 e. The molecule has 1 aromatic heterocycles. The van der Waals surface area contributed by atoms with E-state index in [9.17, 15) is 0 Å². The third-order valence-corrected chi connectivity index (χ3v) is 4.49. The van der Waals surface area contributed by atoms with Crippen molar-refractivity contribution in [3.63, 3.8) is 0 Å². The first kappa shape index (κ1) is 14.2. The molecule has 2 aromatic rings. The molecule has 0 unspecified atom stereocenters. The normalized spacial score (nSPS) is 18.5. The Kier molecular flexibility index (Phi) is 4.27. The third kappa shape index (κ3) is 3.12. The van der Waals surface area contributed by atoms with E-state index in [1.165, 1.54) is 5.56 Å². The maximum absolute atomic E-state index is 4.51. The van der Waals surface area contributed by atoms with Crippen LogP contribution in [0.25, 0.3) is 0 Å². The largest absolute Gasteiger partial charge is 0.309 e. The van der Waals surface area contributed by atoms with Crippen LogP contribution in [0.15, 0.2) is 48.9 Å². The van der Waals surface area contributed by atoms with Crippen molar-refractivity contribution in [2.45, 2.75) is 24.9 Å². The minimum absolute atomic E-state index is 0.0263. The molecule has 0 atom stereocenters. The van der Waals surface area contributed by atoms with Gasteiger partial charge in [0.25, 0.3) is 0 Å². The van der Waals surface area contributed by atoms with Crippen molar-refractivity contribution in [2.75, 3.05) is 20.1 Å². The molecule has 4 heteroatoms. The predicted molar refractivity (Wildman–Crippen MR) is 83.7 cm³/mol. The van der Waals surface area contributed by atoms with Crippen molar-refractivity contribution in [2.24, 2.45) is 0 Å². The van der Waals surface area contributed by atoms with Gasteiger partial charge in [0, 0.05) is 32.0 Å². The Bertz CT molecular complexity index is 548. The SMILES string of the molecule is CNC1(c2cnccn2)CCN(Cc2ccccc2)CC1. The zero-order valence-electron chi connectivity index (χ0n) is 12.5. The van der Waals surface area contributed by atoms with Gasteiger partial charge in [-0.25, -0.2) is 0 Å². The molecule has 2 heterocycles. The van der Waals surface area contributed by atoms with E-state index in [1.807, 2.05) is 13.2 Å². The molecule has 1 fully saturated rings. The highest BCUT2D eigenvalue weighted by molar-refractivity contribution is 5.16. The molecule has 21 heavy (non-hydrogen) atoms. The van der Waals surface area contributed by atoms with Crippen LogP contribution in [-0.4, -0.2) is 35.0 Å². The van der Waals surface area contributed by atoms with Crippen molar-refractivity contribution in [1.29, 1.82) is 0 Å². The number of aromatic nitrogens is 2. The molecule has 1 saturated heterocycles. The quantitative estimate of drug-likeness (QED) is 0.933. The average Bonchev–Trinajstić information content (AvgIpc) is 2.58. The molecule has 0 bridgehead atoms. The maximum Gasteiger partial charge on any atom is 0.0788 e. The number of piperidine rings is 1. The van der Waals surface area contributed by atoms with Crippen LogP contribution >= 0.6 is 0 Å². The third-order valence-electron chi connectivity index (χ3n) is 4.49. The lowest BCUT2D eigenvalue weighted by atomic mass is 9.84. The summed E-state index contributed by atoms with van der Waals surface area (Å²) in [5.41, 5.74) is 2.42. The van der Waals surface area contributed by atoms with E-state index in [1.54, 1.807) is 12.4 Å². The van der Waals surface area contributed by atoms with Gasteiger partial charge in [-0.15, -0.1) is 0 Å². The lowest BCUT2D eigenvalue weighted by Gasteiger charge is -2.41. The molecule has 0 radical (unpaired) electrons. The lowest BCUT2D eigenvalue weighted by Crippen LogP contribution is -2.50. The topological polar surface area (TPSA) is 41.1 Å². The number of nitrogens with one attached hydrogen (secondary N) is 1. The second-order valence-electron chi connectivity index (χ2n) is 5.68. The molecule has 1 aliphatic rings. The van der Waals surface area contributed by atoms with Crippen LogP contribution in [0.3, 0.4) is 0 Å². The Balaban J connectivity index is 1.66. The van der Waals surface area contributed by atoms with Crippen LogP contribution in [-0.2, 0) is 12.1 Å². The van der Waals surface area contributed by atoms with E-state index < -0.39 is 0 Å². The summed E-state index contributed by atoms with van der Waals surface area (Å²) in [6.07, 6.45) is 7.54. The van der Waals surface area contributed by atoms with Crippen LogP contribution in [0.1, 0.15) is 24.1 Å². The van der Waals surface area contributed by atoms with E-state index in [2.05, 4.69) is 50.5 Å². The maximum atomic E-state index is 4.51. The number of benzene rings is 1. The van der Waals surface area contributed by atoms with Crippen molar-refractivity contribution in [3.8, 4) is 0 Å². The van der Waals surface area contributed by atoms with Crippen LogP contribution in [0.4, 0.5) is 0 Å². The summed E-state index contributed by atoms with van der Waals surface area (Å²) in [6.45, 7) is 3.18. The number of rotatable bonds is 4. The summed E-state index contributed by atoms with van der Waals surface area (Å²) in [6, 6.07) is 10.7. The molecular weight excluding hydrogens is 260 g/mol. The van der Waals surface area contributed by atoms with Crippen molar-refractivity contribution in [3.05, 3.63) is 60.2 Å². The van der Waals surface area contributed by atoms with Gasteiger partial charge in [-0.05, 0) is 25.5 Å². The summed E-state index contributed by atoms with van der Waals surface area (Å²) in [4.78, 5) is 11.2. The Hall–Kier alpha value is -1.78. The highest BCUT2D eigenvalue weighted by Crippen LogP contribution is 2.31. The molecule has 0 spiro atoms. The Morgan fingerprint density at radius 1 is 1.14 bits per heavy atom. The second-order valence-corrected chi connectivity index (χ2v) is 5.68. The summed E-state index contributed by atoms with van der Waals surface area (Å²) in [5, 5.41) is 3.49. The summed E-state index contributed by atoms with van der Waals surface area (Å²) >= 11 is 0. The molecule has 1 N–H and O–H groups in total. The molecule has 1 aliphatic heterocycles. The predicted octanol–water partition coefficient (Wildman–Crippen LogP) is 2.19. The number of likely N-dealkylation sites (tertiary alicyclic amines) is 1. The van der Waals surface area contributed by atoms with E-state index in [4.69, 9.17) is 0 Å². The molecule has 0 amide bonds. The van der Waals surface area contributed by atoms with E-state index >= 15 is 0 Å². The Labute approximate surface area is 126 Å². The average molecular weight is 282 g/mol. The minimum Gasteiger partial charge on any atom is -0.309 e. The van der Waals surface area contributed by atoms with Gasteiger partial charge >= 0.3 is 0 Å².